The number of aliphatic carboxylic acids is 1. The number of nitrogens with one attached hydrogen (secondary N) is 1. The number of ether oxygens (including phenoxy) is 2. The summed E-state index contributed by atoms with van der Waals surface area (Å²) in [5.74, 6) is -0.497. The number of hydrogen-bond donors (Lipinski definition) is 2. The smallest absolute Gasteiger partial charge is 0.307 e. The normalized spacial score (nSPS) is 18.7. The van der Waals surface area contributed by atoms with Crippen LogP contribution in [0.25, 0.3) is 16.8 Å². The maximum absolute atomic E-state index is 12.7. The van der Waals surface area contributed by atoms with Crippen LogP contribution in [0.15, 0.2) is 70.6 Å². The van der Waals surface area contributed by atoms with Crippen molar-refractivity contribution in [3.05, 3.63) is 76.7 Å². The lowest BCUT2D eigenvalue weighted by Gasteiger charge is -2.15. The lowest BCUT2D eigenvalue weighted by atomic mass is 10.1. The molecule has 1 unspecified atom stereocenters. The number of carbonyl (C=O) groups is 2. The van der Waals surface area contributed by atoms with Gasteiger partial charge in [0, 0.05) is 17.9 Å². The van der Waals surface area contributed by atoms with Gasteiger partial charge in [0.1, 0.15) is 12.4 Å². The van der Waals surface area contributed by atoms with Crippen LogP contribution in [0.1, 0.15) is 24.0 Å². The first kappa shape index (κ1) is 23.1. The van der Waals surface area contributed by atoms with E-state index >= 15 is 0 Å². The predicted octanol–water partition coefficient (Wildman–Crippen LogP) is 5.11. The third kappa shape index (κ3) is 5.72. The summed E-state index contributed by atoms with van der Waals surface area (Å²) in [5, 5.41) is 14.6. The molecule has 3 aromatic carbocycles. The summed E-state index contributed by atoms with van der Waals surface area (Å²) < 4.78 is 11.8. The lowest BCUT2D eigenvalue weighted by Crippen LogP contribution is -2.16. The Morgan fingerprint density at radius 3 is 2.66 bits per heavy atom. The molecule has 0 radical (unpaired) electrons. The van der Waals surface area contributed by atoms with Gasteiger partial charge in [0.25, 0.3) is 5.91 Å². The Morgan fingerprint density at radius 2 is 1.94 bits per heavy atom. The topological polar surface area (TPSA) is 97.2 Å². The van der Waals surface area contributed by atoms with Gasteiger partial charge in [-0.15, -0.1) is 0 Å². The first-order chi connectivity index (χ1) is 17.0. The van der Waals surface area contributed by atoms with Crippen molar-refractivity contribution in [3.8, 4) is 5.75 Å². The fourth-order valence-electron chi connectivity index (χ4n) is 4.04. The number of rotatable bonds is 7. The molecule has 1 fully saturated rings. The molecule has 2 heterocycles. The van der Waals surface area contributed by atoms with Gasteiger partial charge in [-0.1, -0.05) is 36.4 Å². The monoisotopic (exact) mass is 488 g/mol. The van der Waals surface area contributed by atoms with Gasteiger partial charge in [0.05, 0.1) is 17.4 Å². The third-order valence-electron chi connectivity index (χ3n) is 5.79. The summed E-state index contributed by atoms with van der Waals surface area (Å²) in [6.07, 6.45) is 3.90. The van der Waals surface area contributed by atoms with Gasteiger partial charge >= 0.3 is 5.97 Å². The first-order valence-electron chi connectivity index (χ1n) is 11.4. The number of carboxylic acids is 1. The van der Waals surface area contributed by atoms with E-state index in [-0.39, 0.29) is 18.4 Å². The Bertz CT molecular complexity index is 1330. The summed E-state index contributed by atoms with van der Waals surface area (Å²) in [6.45, 7) is 1.24. The molecular weight excluding hydrogens is 464 g/mol. The van der Waals surface area contributed by atoms with Crippen LogP contribution in [0.4, 0.5) is 5.69 Å². The summed E-state index contributed by atoms with van der Waals surface area (Å²) in [6, 6.07) is 19.1. The van der Waals surface area contributed by atoms with Crippen molar-refractivity contribution in [3.63, 3.8) is 0 Å². The van der Waals surface area contributed by atoms with Crippen LogP contribution in [0.2, 0.25) is 0 Å². The Morgan fingerprint density at radius 1 is 1.17 bits per heavy atom. The summed E-state index contributed by atoms with van der Waals surface area (Å²) in [7, 11) is 0. The van der Waals surface area contributed by atoms with Gasteiger partial charge in [-0.3, -0.25) is 9.59 Å². The molecule has 178 valence electrons. The van der Waals surface area contributed by atoms with Crippen LogP contribution >= 0.6 is 11.8 Å². The van der Waals surface area contributed by atoms with Gasteiger partial charge < -0.3 is 19.9 Å². The minimum Gasteiger partial charge on any atom is -0.490 e. The SMILES string of the molecule is O=C(O)Cc1ccc(NC2=NC(=O)/C(=C\c3cc4ccccc4cc3OCC3CCCO3)S2)cc1. The van der Waals surface area contributed by atoms with E-state index in [1.54, 1.807) is 24.3 Å². The number of carboxylic acid groups (broad SMARTS) is 1. The molecule has 1 saturated heterocycles. The molecule has 0 bridgehead atoms. The fraction of sp³-hybridized carbons (Fsp3) is 0.222. The van der Waals surface area contributed by atoms with E-state index in [4.69, 9.17) is 14.6 Å². The second kappa shape index (κ2) is 10.3. The zero-order chi connectivity index (χ0) is 24.2. The van der Waals surface area contributed by atoms with Crippen LogP contribution in [0.3, 0.4) is 0 Å². The maximum Gasteiger partial charge on any atom is 0.307 e. The molecule has 0 spiro atoms. The number of hydrogen-bond acceptors (Lipinski definition) is 6. The van der Waals surface area contributed by atoms with Crippen LogP contribution in [-0.4, -0.2) is 41.5 Å². The third-order valence-corrected chi connectivity index (χ3v) is 6.69. The van der Waals surface area contributed by atoms with Crippen molar-refractivity contribution in [2.75, 3.05) is 18.5 Å². The molecule has 2 aliphatic rings. The molecule has 2 aliphatic heterocycles. The van der Waals surface area contributed by atoms with E-state index in [1.165, 1.54) is 11.8 Å². The molecule has 0 aliphatic carbocycles. The second-order valence-corrected chi connectivity index (χ2v) is 9.44. The van der Waals surface area contributed by atoms with E-state index in [0.29, 0.717) is 28.0 Å². The van der Waals surface area contributed by atoms with Crippen LogP contribution in [0.5, 0.6) is 5.75 Å². The molecule has 8 heteroatoms. The van der Waals surface area contributed by atoms with E-state index in [1.807, 2.05) is 42.5 Å². The second-order valence-electron chi connectivity index (χ2n) is 8.41. The van der Waals surface area contributed by atoms with E-state index < -0.39 is 5.97 Å². The van der Waals surface area contributed by atoms with Crippen molar-refractivity contribution in [2.24, 2.45) is 4.99 Å². The maximum atomic E-state index is 12.7. The van der Waals surface area contributed by atoms with Gasteiger partial charge in [0.2, 0.25) is 0 Å². The quantitative estimate of drug-likeness (QED) is 0.446. The number of nitrogens with zero attached hydrogens (tertiary/aromatic N) is 1. The predicted molar refractivity (Wildman–Crippen MR) is 138 cm³/mol. The van der Waals surface area contributed by atoms with Crippen LogP contribution in [0, 0.1) is 0 Å². The minimum atomic E-state index is -0.880. The first-order valence-corrected chi connectivity index (χ1v) is 12.2. The van der Waals surface area contributed by atoms with Crippen molar-refractivity contribution in [1.29, 1.82) is 0 Å². The highest BCUT2D eigenvalue weighted by atomic mass is 32.2. The Hall–Kier alpha value is -3.62. The molecule has 2 N–H and O–H groups in total. The van der Waals surface area contributed by atoms with Crippen LogP contribution < -0.4 is 10.1 Å². The van der Waals surface area contributed by atoms with Crippen molar-refractivity contribution >= 4 is 51.3 Å². The van der Waals surface area contributed by atoms with E-state index in [0.717, 1.165) is 41.5 Å². The highest BCUT2D eigenvalue weighted by molar-refractivity contribution is 8.18. The number of amides is 1. The molecule has 7 nitrogen and oxygen atoms in total. The zero-order valence-electron chi connectivity index (χ0n) is 18.9. The van der Waals surface area contributed by atoms with Gasteiger partial charge in [-0.05, 0) is 71.3 Å². The fourth-order valence-corrected chi connectivity index (χ4v) is 4.87. The standard InChI is InChI=1S/C27H24N2O5S/c30-25(31)12-17-7-9-21(10-8-17)28-27-29-26(32)24(35-27)15-20-13-18-4-1-2-5-19(18)14-23(20)34-16-22-6-3-11-33-22/h1-2,4-5,7-10,13-15,22H,3,6,11-12,16H2,(H,30,31)(H,28,29,32)/b24-15+. The van der Waals surface area contributed by atoms with Gasteiger partial charge in [-0.2, -0.15) is 4.99 Å². The molecular formula is C27H24N2O5S. The molecule has 0 saturated carbocycles. The summed E-state index contributed by atoms with van der Waals surface area (Å²) >= 11 is 1.26. The van der Waals surface area contributed by atoms with Gasteiger partial charge in [-0.25, -0.2) is 0 Å². The highest BCUT2D eigenvalue weighted by Crippen LogP contribution is 2.34. The zero-order valence-corrected chi connectivity index (χ0v) is 19.7. The number of carbonyl (C=O) groups excluding carboxylic acids is 1. The summed E-state index contributed by atoms with van der Waals surface area (Å²) in [4.78, 5) is 28.1. The average Bonchev–Trinajstić information content (AvgIpc) is 3.48. The molecule has 5 rings (SSSR count). The molecule has 3 aromatic rings. The molecule has 1 atom stereocenters. The number of anilines is 1. The highest BCUT2D eigenvalue weighted by Gasteiger charge is 2.23. The number of fused-ring (bicyclic) bond motifs is 1. The van der Waals surface area contributed by atoms with Crippen molar-refractivity contribution in [1.82, 2.24) is 0 Å². The number of aliphatic imine (C=N–C) groups is 1. The van der Waals surface area contributed by atoms with E-state index in [9.17, 15) is 9.59 Å². The Kier molecular flexibility index (Phi) is 6.83. The summed E-state index contributed by atoms with van der Waals surface area (Å²) in [5.41, 5.74) is 2.24. The number of benzene rings is 3. The average molecular weight is 489 g/mol. The van der Waals surface area contributed by atoms with Crippen molar-refractivity contribution < 1.29 is 24.2 Å². The molecule has 35 heavy (non-hydrogen) atoms. The largest absolute Gasteiger partial charge is 0.490 e. The Balaban J connectivity index is 1.34. The van der Waals surface area contributed by atoms with Gasteiger partial charge in [0.15, 0.2) is 5.17 Å². The van der Waals surface area contributed by atoms with Crippen LogP contribution in [-0.2, 0) is 20.7 Å². The minimum absolute atomic E-state index is 0.0373. The van der Waals surface area contributed by atoms with E-state index in [2.05, 4.69) is 10.3 Å². The number of amidine groups is 1. The Labute approximate surface area is 206 Å². The lowest BCUT2D eigenvalue weighted by molar-refractivity contribution is -0.136. The number of thioether (sulfide) groups is 1. The van der Waals surface area contributed by atoms with Crippen molar-refractivity contribution in [2.45, 2.75) is 25.4 Å². The molecule has 0 aromatic heterocycles. The molecule has 1 amide bonds.